The molecule has 3 heteroatoms. The average Bonchev–Trinajstić information content (AvgIpc) is 2.94. The van der Waals surface area contributed by atoms with E-state index >= 15 is 0 Å². The van der Waals surface area contributed by atoms with Gasteiger partial charge in [0.15, 0.2) is 0 Å². The number of aliphatic hydroxyl groups is 1. The van der Waals surface area contributed by atoms with E-state index in [0.29, 0.717) is 13.0 Å². The highest BCUT2D eigenvalue weighted by Gasteiger charge is 2.76. The maximum atomic E-state index is 12.8. The number of carbonyl (C=O) groups excluding carboxylic acids is 1. The van der Waals surface area contributed by atoms with Gasteiger partial charge < -0.3 is 9.84 Å². The minimum absolute atomic E-state index is 0.0161. The van der Waals surface area contributed by atoms with E-state index in [4.69, 9.17) is 9.84 Å². The number of hydrogen-bond donors (Lipinski definition) is 1. The van der Waals surface area contributed by atoms with Crippen molar-refractivity contribution in [2.75, 3.05) is 13.2 Å². The summed E-state index contributed by atoms with van der Waals surface area (Å²) in [6.45, 7) is 15.9. The van der Waals surface area contributed by atoms with Crippen molar-refractivity contribution < 1.29 is 14.6 Å². The largest absolute Gasteiger partial charge is 0.465 e. The van der Waals surface area contributed by atoms with E-state index < -0.39 is 5.41 Å². The zero-order chi connectivity index (χ0) is 16.5. The van der Waals surface area contributed by atoms with Crippen molar-refractivity contribution in [3.8, 4) is 0 Å². The average molecular weight is 298 g/mol. The molecule has 0 heterocycles. The summed E-state index contributed by atoms with van der Waals surface area (Å²) >= 11 is 0. The second-order valence-corrected chi connectivity index (χ2v) is 8.44. The van der Waals surface area contributed by atoms with Gasteiger partial charge in [-0.05, 0) is 29.1 Å². The standard InChI is InChI=1S/C18H34O3/c1-8-10-15(2,3)17(6,7)18(13-16(18,4)5)14(20)21-12-9-11-19/h19H,8-13H2,1-7H3. The molecule has 0 amide bonds. The van der Waals surface area contributed by atoms with Gasteiger partial charge in [-0.15, -0.1) is 0 Å². The van der Waals surface area contributed by atoms with Gasteiger partial charge in [0, 0.05) is 13.0 Å². The first-order chi connectivity index (χ1) is 9.50. The maximum Gasteiger partial charge on any atom is 0.313 e. The predicted octanol–water partition coefficient (Wildman–Crippen LogP) is 4.18. The summed E-state index contributed by atoms with van der Waals surface area (Å²) in [6.07, 6.45) is 3.62. The molecule has 0 aromatic carbocycles. The molecule has 1 saturated carbocycles. The fourth-order valence-electron chi connectivity index (χ4n) is 4.16. The fraction of sp³-hybridized carbons (Fsp3) is 0.944. The van der Waals surface area contributed by atoms with E-state index in [9.17, 15) is 4.79 Å². The van der Waals surface area contributed by atoms with E-state index in [1.165, 1.54) is 0 Å². The molecule has 1 aliphatic rings. The number of ether oxygens (including phenoxy) is 1. The van der Waals surface area contributed by atoms with Crippen LogP contribution in [0.1, 0.15) is 74.1 Å². The highest BCUT2D eigenvalue weighted by atomic mass is 16.5. The van der Waals surface area contributed by atoms with Crippen LogP contribution in [0.2, 0.25) is 0 Å². The quantitative estimate of drug-likeness (QED) is 0.540. The van der Waals surface area contributed by atoms with Gasteiger partial charge in [-0.2, -0.15) is 0 Å². The summed E-state index contributed by atoms with van der Waals surface area (Å²) in [5.41, 5.74) is -0.479. The van der Waals surface area contributed by atoms with Crippen LogP contribution in [0.5, 0.6) is 0 Å². The second kappa shape index (κ2) is 5.91. The number of carbonyl (C=O) groups is 1. The van der Waals surface area contributed by atoms with E-state index in [0.717, 1.165) is 19.3 Å². The molecule has 0 aromatic rings. The molecule has 1 unspecified atom stereocenters. The van der Waals surface area contributed by atoms with Gasteiger partial charge in [-0.3, -0.25) is 4.79 Å². The van der Waals surface area contributed by atoms with Gasteiger partial charge in [0.05, 0.1) is 12.0 Å². The molecule has 0 saturated heterocycles. The first-order valence-electron chi connectivity index (χ1n) is 8.28. The van der Waals surface area contributed by atoms with E-state index in [2.05, 4.69) is 48.5 Å². The molecule has 21 heavy (non-hydrogen) atoms. The fourth-order valence-corrected chi connectivity index (χ4v) is 4.16. The van der Waals surface area contributed by atoms with Crippen LogP contribution in [0.3, 0.4) is 0 Å². The summed E-state index contributed by atoms with van der Waals surface area (Å²) in [4.78, 5) is 12.8. The van der Waals surface area contributed by atoms with Gasteiger partial charge in [-0.1, -0.05) is 54.9 Å². The van der Waals surface area contributed by atoms with Crippen LogP contribution in [0.4, 0.5) is 0 Å². The normalized spacial score (nSPS) is 24.8. The zero-order valence-electron chi connectivity index (χ0n) is 15.0. The number of rotatable bonds is 8. The summed E-state index contributed by atoms with van der Waals surface area (Å²) < 4.78 is 5.51. The van der Waals surface area contributed by atoms with Crippen molar-refractivity contribution in [3.63, 3.8) is 0 Å². The minimum atomic E-state index is -0.409. The third-order valence-electron chi connectivity index (χ3n) is 6.26. The molecule has 0 aromatic heterocycles. The highest BCUT2D eigenvalue weighted by Crippen LogP contribution is 2.76. The molecule has 124 valence electrons. The molecule has 1 N–H and O–H groups in total. The molecule has 0 aliphatic heterocycles. The maximum absolute atomic E-state index is 12.8. The van der Waals surface area contributed by atoms with Crippen LogP contribution in [-0.4, -0.2) is 24.3 Å². The summed E-state index contributed by atoms with van der Waals surface area (Å²) in [6, 6.07) is 0. The van der Waals surface area contributed by atoms with E-state index in [1.54, 1.807) is 0 Å². The van der Waals surface area contributed by atoms with Crippen molar-refractivity contribution in [2.45, 2.75) is 74.1 Å². The molecule has 1 fully saturated rings. The topological polar surface area (TPSA) is 46.5 Å². The van der Waals surface area contributed by atoms with Crippen molar-refractivity contribution in [1.82, 2.24) is 0 Å². The third kappa shape index (κ3) is 2.86. The lowest BCUT2D eigenvalue weighted by molar-refractivity contribution is -0.163. The van der Waals surface area contributed by atoms with Crippen molar-refractivity contribution in [3.05, 3.63) is 0 Å². The third-order valence-corrected chi connectivity index (χ3v) is 6.26. The van der Waals surface area contributed by atoms with Crippen LogP contribution in [0.25, 0.3) is 0 Å². The molecule has 0 bridgehead atoms. The van der Waals surface area contributed by atoms with Crippen LogP contribution in [0.15, 0.2) is 0 Å². The van der Waals surface area contributed by atoms with Crippen molar-refractivity contribution in [2.24, 2.45) is 21.7 Å². The second-order valence-electron chi connectivity index (χ2n) is 8.44. The van der Waals surface area contributed by atoms with Crippen LogP contribution in [-0.2, 0) is 9.53 Å². The van der Waals surface area contributed by atoms with Gasteiger partial charge in [0.1, 0.15) is 0 Å². The SMILES string of the molecule is CCCC(C)(C)C(C)(C)C1(C(=O)OCCCO)CC1(C)C. The summed E-state index contributed by atoms with van der Waals surface area (Å²) in [5.74, 6) is -0.0740. The molecule has 1 atom stereocenters. The summed E-state index contributed by atoms with van der Waals surface area (Å²) in [7, 11) is 0. The molecule has 0 spiro atoms. The predicted molar refractivity (Wildman–Crippen MR) is 86.0 cm³/mol. The smallest absolute Gasteiger partial charge is 0.313 e. The van der Waals surface area contributed by atoms with Gasteiger partial charge in [0.2, 0.25) is 0 Å². The lowest BCUT2D eigenvalue weighted by atomic mass is 9.56. The highest BCUT2D eigenvalue weighted by molar-refractivity contribution is 5.83. The first-order valence-corrected chi connectivity index (χ1v) is 8.28. The van der Waals surface area contributed by atoms with Crippen LogP contribution >= 0.6 is 0 Å². The van der Waals surface area contributed by atoms with E-state index in [1.807, 2.05) is 0 Å². The Hall–Kier alpha value is -0.570. The Balaban J connectivity index is 3.04. The lowest BCUT2D eigenvalue weighted by Crippen LogP contribution is -2.47. The zero-order valence-corrected chi connectivity index (χ0v) is 15.0. The molecular formula is C18H34O3. The minimum Gasteiger partial charge on any atom is -0.465 e. The van der Waals surface area contributed by atoms with E-state index in [-0.39, 0.29) is 28.8 Å². The Kier molecular flexibility index (Phi) is 5.20. The Labute approximate surface area is 130 Å². The number of esters is 1. The van der Waals surface area contributed by atoms with Crippen LogP contribution < -0.4 is 0 Å². The molecule has 1 rings (SSSR count). The van der Waals surface area contributed by atoms with Gasteiger partial charge >= 0.3 is 5.97 Å². The molecule has 1 aliphatic carbocycles. The number of hydrogen-bond acceptors (Lipinski definition) is 3. The Morgan fingerprint density at radius 3 is 2.14 bits per heavy atom. The van der Waals surface area contributed by atoms with Gasteiger partial charge in [0.25, 0.3) is 0 Å². The molecule has 3 nitrogen and oxygen atoms in total. The molecular weight excluding hydrogens is 264 g/mol. The van der Waals surface area contributed by atoms with Crippen LogP contribution in [0, 0.1) is 21.7 Å². The lowest BCUT2D eigenvalue weighted by Gasteiger charge is -2.48. The first kappa shape index (κ1) is 18.5. The molecule has 0 radical (unpaired) electrons. The Morgan fingerprint density at radius 1 is 1.24 bits per heavy atom. The van der Waals surface area contributed by atoms with Crippen molar-refractivity contribution >= 4 is 5.97 Å². The van der Waals surface area contributed by atoms with Crippen molar-refractivity contribution in [1.29, 1.82) is 0 Å². The monoisotopic (exact) mass is 298 g/mol. The summed E-state index contributed by atoms with van der Waals surface area (Å²) in [5, 5.41) is 8.87. The van der Waals surface area contributed by atoms with Gasteiger partial charge in [-0.25, -0.2) is 0 Å². The number of aliphatic hydroxyl groups excluding tert-OH is 1. The Morgan fingerprint density at radius 2 is 1.76 bits per heavy atom. The Bertz CT molecular complexity index is 382.